The van der Waals surface area contributed by atoms with E-state index in [2.05, 4.69) is 60.4 Å². The summed E-state index contributed by atoms with van der Waals surface area (Å²) < 4.78 is 1.15. The van der Waals surface area contributed by atoms with Gasteiger partial charge in [-0.1, -0.05) is 28.1 Å². The highest BCUT2D eigenvalue weighted by Gasteiger charge is 2.27. The molecule has 0 amide bonds. The molecule has 0 bridgehead atoms. The quantitative estimate of drug-likeness (QED) is 0.866. The predicted molar refractivity (Wildman–Crippen MR) is 95.5 cm³/mol. The molecular weight excluding hydrogens is 352 g/mol. The van der Waals surface area contributed by atoms with E-state index in [1.807, 2.05) is 12.3 Å². The van der Waals surface area contributed by atoms with Crippen molar-refractivity contribution in [3.63, 3.8) is 0 Å². The zero-order chi connectivity index (χ0) is 15.6. The first-order chi connectivity index (χ1) is 11.3. The fourth-order valence-corrected chi connectivity index (χ4v) is 3.64. The summed E-state index contributed by atoms with van der Waals surface area (Å²) in [4.78, 5) is 11.6. The first kappa shape index (κ1) is 15.1. The predicted octanol–water partition coefficient (Wildman–Crippen LogP) is 3.80. The topological polar surface area (TPSA) is 41.0 Å². The molecule has 120 valence electrons. The molecule has 1 aromatic carbocycles. The van der Waals surface area contributed by atoms with E-state index in [4.69, 9.17) is 0 Å². The zero-order valence-electron chi connectivity index (χ0n) is 13.1. The molecule has 1 aliphatic heterocycles. The molecule has 1 atom stereocenters. The molecule has 2 heterocycles. The van der Waals surface area contributed by atoms with Crippen molar-refractivity contribution in [1.82, 2.24) is 14.9 Å². The molecule has 4 nitrogen and oxygen atoms in total. The van der Waals surface area contributed by atoms with Crippen LogP contribution in [-0.2, 0) is 6.54 Å². The summed E-state index contributed by atoms with van der Waals surface area (Å²) in [5.74, 6) is 2.60. The average molecular weight is 373 g/mol. The van der Waals surface area contributed by atoms with E-state index >= 15 is 0 Å². The van der Waals surface area contributed by atoms with Crippen molar-refractivity contribution < 1.29 is 0 Å². The minimum atomic E-state index is 0.476. The molecule has 0 spiro atoms. The van der Waals surface area contributed by atoms with Gasteiger partial charge in [-0.25, -0.2) is 9.97 Å². The van der Waals surface area contributed by atoms with Crippen LogP contribution in [-0.4, -0.2) is 34.0 Å². The average Bonchev–Trinajstić information content (AvgIpc) is 3.30. The lowest BCUT2D eigenvalue weighted by Gasteiger charge is -2.17. The zero-order valence-corrected chi connectivity index (χ0v) is 14.7. The first-order valence-electron chi connectivity index (χ1n) is 8.32. The maximum absolute atomic E-state index is 4.67. The summed E-state index contributed by atoms with van der Waals surface area (Å²) in [6.45, 7) is 3.20. The Kier molecular flexibility index (Phi) is 4.31. The number of halogens is 1. The molecule has 5 heteroatoms. The van der Waals surface area contributed by atoms with Gasteiger partial charge < -0.3 is 5.32 Å². The molecule has 0 radical (unpaired) electrons. The lowest BCUT2D eigenvalue weighted by Crippen LogP contribution is -2.26. The van der Waals surface area contributed by atoms with Gasteiger partial charge in [-0.15, -0.1) is 0 Å². The van der Waals surface area contributed by atoms with Crippen LogP contribution in [0.2, 0.25) is 0 Å². The van der Waals surface area contributed by atoms with Gasteiger partial charge in [0.1, 0.15) is 11.6 Å². The summed E-state index contributed by atoms with van der Waals surface area (Å²) in [5, 5.41) is 3.59. The standard InChI is InChI=1S/C18H21BrN4/c19-15-3-1-2-13(10-15)11-23-9-7-16(12-23)21-17-6-8-20-18(22-17)14-4-5-14/h1-3,6,8,10,14,16H,4-5,7,9,11-12H2,(H,20,21,22). The highest BCUT2D eigenvalue weighted by Crippen LogP contribution is 2.38. The third-order valence-corrected chi connectivity index (χ3v) is 5.03. The van der Waals surface area contributed by atoms with Crippen molar-refractivity contribution in [3.8, 4) is 0 Å². The highest BCUT2D eigenvalue weighted by molar-refractivity contribution is 9.10. The van der Waals surface area contributed by atoms with E-state index in [1.54, 1.807) is 0 Å². The number of likely N-dealkylation sites (tertiary alicyclic amines) is 1. The molecule has 2 fully saturated rings. The molecule has 2 aliphatic rings. The maximum Gasteiger partial charge on any atom is 0.133 e. The van der Waals surface area contributed by atoms with Crippen molar-refractivity contribution in [1.29, 1.82) is 0 Å². The smallest absolute Gasteiger partial charge is 0.133 e. The maximum atomic E-state index is 4.67. The Balaban J connectivity index is 1.34. The van der Waals surface area contributed by atoms with Gasteiger partial charge in [-0.05, 0) is 43.0 Å². The summed E-state index contributed by atoms with van der Waals surface area (Å²) in [7, 11) is 0. The van der Waals surface area contributed by atoms with Crippen LogP contribution >= 0.6 is 15.9 Å². The molecule has 1 aliphatic carbocycles. The first-order valence-corrected chi connectivity index (χ1v) is 9.12. The van der Waals surface area contributed by atoms with E-state index < -0.39 is 0 Å². The molecule has 4 rings (SSSR count). The van der Waals surface area contributed by atoms with Gasteiger partial charge in [0.05, 0.1) is 0 Å². The molecule has 1 N–H and O–H groups in total. The normalized spacial score (nSPS) is 21.5. The van der Waals surface area contributed by atoms with Gasteiger partial charge in [-0.3, -0.25) is 4.90 Å². The third kappa shape index (κ3) is 3.90. The highest BCUT2D eigenvalue weighted by atomic mass is 79.9. The Morgan fingerprint density at radius 3 is 2.96 bits per heavy atom. The van der Waals surface area contributed by atoms with Gasteiger partial charge in [0, 0.05) is 42.3 Å². The Morgan fingerprint density at radius 1 is 1.22 bits per heavy atom. The molecular formula is C18H21BrN4. The summed E-state index contributed by atoms with van der Waals surface area (Å²) in [6.07, 6.45) is 5.54. The van der Waals surface area contributed by atoms with Crippen molar-refractivity contribution in [2.24, 2.45) is 0 Å². The molecule has 2 aromatic rings. The van der Waals surface area contributed by atoms with Gasteiger partial charge >= 0.3 is 0 Å². The fourth-order valence-electron chi connectivity index (χ4n) is 3.19. The number of anilines is 1. The monoisotopic (exact) mass is 372 g/mol. The van der Waals surface area contributed by atoms with Gasteiger partial charge in [0.25, 0.3) is 0 Å². The van der Waals surface area contributed by atoms with Crippen molar-refractivity contribution in [2.75, 3.05) is 18.4 Å². The Morgan fingerprint density at radius 2 is 2.13 bits per heavy atom. The second-order valence-corrected chi connectivity index (χ2v) is 7.49. The Labute approximate surface area is 145 Å². The van der Waals surface area contributed by atoms with Crippen LogP contribution in [0, 0.1) is 0 Å². The Hall–Kier alpha value is -1.46. The number of nitrogens with one attached hydrogen (secondary N) is 1. The summed E-state index contributed by atoms with van der Waals surface area (Å²) in [6, 6.07) is 11.0. The lowest BCUT2D eigenvalue weighted by molar-refractivity contribution is 0.328. The molecule has 1 saturated carbocycles. The third-order valence-electron chi connectivity index (χ3n) is 4.54. The molecule has 1 saturated heterocycles. The van der Waals surface area contributed by atoms with Crippen LogP contribution in [0.3, 0.4) is 0 Å². The van der Waals surface area contributed by atoms with E-state index in [1.165, 1.54) is 18.4 Å². The largest absolute Gasteiger partial charge is 0.366 e. The number of aromatic nitrogens is 2. The summed E-state index contributed by atoms with van der Waals surface area (Å²) >= 11 is 3.55. The van der Waals surface area contributed by atoms with E-state index in [0.717, 1.165) is 42.2 Å². The minimum Gasteiger partial charge on any atom is -0.366 e. The summed E-state index contributed by atoms with van der Waals surface area (Å²) in [5.41, 5.74) is 1.36. The van der Waals surface area contributed by atoms with Crippen LogP contribution in [0.5, 0.6) is 0 Å². The number of hydrogen-bond acceptors (Lipinski definition) is 4. The second-order valence-electron chi connectivity index (χ2n) is 6.57. The minimum absolute atomic E-state index is 0.476. The van der Waals surface area contributed by atoms with Crippen LogP contribution in [0.25, 0.3) is 0 Å². The van der Waals surface area contributed by atoms with Gasteiger partial charge in [0.2, 0.25) is 0 Å². The van der Waals surface area contributed by atoms with Crippen molar-refractivity contribution in [2.45, 2.75) is 37.8 Å². The molecule has 1 aromatic heterocycles. The van der Waals surface area contributed by atoms with Crippen LogP contribution in [0.4, 0.5) is 5.82 Å². The fraction of sp³-hybridized carbons (Fsp3) is 0.444. The number of benzene rings is 1. The molecule has 1 unspecified atom stereocenters. The van der Waals surface area contributed by atoms with Crippen molar-refractivity contribution >= 4 is 21.7 Å². The number of nitrogens with zero attached hydrogens (tertiary/aromatic N) is 3. The van der Waals surface area contributed by atoms with E-state index in [0.29, 0.717) is 12.0 Å². The van der Waals surface area contributed by atoms with E-state index in [9.17, 15) is 0 Å². The van der Waals surface area contributed by atoms with E-state index in [-0.39, 0.29) is 0 Å². The van der Waals surface area contributed by atoms with Gasteiger partial charge in [-0.2, -0.15) is 0 Å². The second kappa shape index (κ2) is 6.57. The van der Waals surface area contributed by atoms with Crippen molar-refractivity contribution in [3.05, 3.63) is 52.4 Å². The SMILES string of the molecule is Brc1cccc(CN2CCC(Nc3ccnc(C4CC4)n3)C2)c1. The van der Waals surface area contributed by atoms with Crippen LogP contribution < -0.4 is 5.32 Å². The Bertz CT molecular complexity index is 686. The van der Waals surface area contributed by atoms with Crippen LogP contribution in [0.1, 0.15) is 36.6 Å². The lowest BCUT2D eigenvalue weighted by atomic mass is 10.2. The van der Waals surface area contributed by atoms with Gasteiger partial charge in [0.15, 0.2) is 0 Å². The molecule has 23 heavy (non-hydrogen) atoms. The number of hydrogen-bond donors (Lipinski definition) is 1. The van der Waals surface area contributed by atoms with Crippen LogP contribution in [0.15, 0.2) is 41.0 Å². The number of rotatable bonds is 5.